The Hall–Kier alpha value is -2.05. The molecule has 0 fully saturated rings. The second kappa shape index (κ2) is 12.3. The fourth-order valence-corrected chi connectivity index (χ4v) is 4.99. The van der Waals surface area contributed by atoms with E-state index in [4.69, 9.17) is 0 Å². The molecule has 1 unspecified atom stereocenters. The maximum Gasteiger partial charge on any atom is 0.294 e. The molecule has 0 saturated carbocycles. The van der Waals surface area contributed by atoms with E-state index >= 15 is 0 Å². The number of unbranched alkanes of at least 4 members (excludes halogenated alkanes) is 9. The SMILES string of the molecule is CCCCCCCCCCCCC1Nc2ccc(S(=O)(=O)O)cc2N1Cc1ccccc1. The lowest BCUT2D eigenvalue weighted by Crippen LogP contribution is -2.35. The van der Waals surface area contributed by atoms with Gasteiger partial charge in [0.05, 0.1) is 22.4 Å². The molecule has 0 saturated heterocycles. The summed E-state index contributed by atoms with van der Waals surface area (Å²) in [6.07, 6.45) is 14.2. The van der Waals surface area contributed by atoms with Crippen molar-refractivity contribution < 1.29 is 13.0 Å². The van der Waals surface area contributed by atoms with E-state index in [1.165, 1.54) is 69.4 Å². The largest absolute Gasteiger partial charge is 0.363 e. The summed E-state index contributed by atoms with van der Waals surface area (Å²) < 4.78 is 32.8. The summed E-state index contributed by atoms with van der Waals surface area (Å²) in [4.78, 5) is 2.17. The molecule has 1 aliphatic heterocycles. The highest BCUT2D eigenvalue weighted by atomic mass is 32.2. The zero-order valence-electron chi connectivity index (χ0n) is 19.3. The Kier molecular flexibility index (Phi) is 9.42. The molecule has 1 aliphatic rings. The van der Waals surface area contributed by atoms with Crippen molar-refractivity contribution in [3.8, 4) is 0 Å². The van der Waals surface area contributed by atoms with Gasteiger partial charge in [-0.1, -0.05) is 95.0 Å². The highest BCUT2D eigenvalue weighted by Gasteiger charge is 2.29. The second-order valence-electron chi connectivity index (χ2n) is 8.90. The lowest BCUT2D eigenvalue weighted by atomic mass is 10.1. The number of benzene rings is 2. The maximum absolute atomic E-state index is 11.7. The molecule has 0 radical (unpaired) electrons. The van der Waals surface area contributed by atoms with Crippen LogP contribution in [-0.4, -0.2) is 19.1 Å². The van der Waals surface area contributed by atoms with E-state index in [1.54, 1.807) is 12.1 Å². The summed E-state index contributed by atoms with van der Waals surface area (Å²) in [5, 5.41) is 3.56. The summed E-state index contributed by atoms with van der Waals surface area (Å²) >= 11 is 0. The summed E-state index contributed by atoms with van der Waals surface area (Å²) in [5.41, 5.74) is 2.93. The van der Waals surface area contributed by atoms with E-state index in [2.05, 4.69) is 29.3 Å². The van der Waals surface area contributed by atoms with Crippen molar-refractivity contribution in [1.29, 1.82) is 0 Å². The van der Waals surface area contributed by atoms with Crippen LogP contribution in [0.25, 0.3) is 0 Å². The Bertz CT molecular complexity index is 931. The minimum Gasteiger partial charge on any atom is -0.363 e. The molecule has 176 valence electrons. The van der Waals surface area contributed by atoms with Crippen molar-refractivity contribution in [1.82, 2.24) is 0 Å². The minimum atomic E-state index is -4.23. The number of fused-ring (bicyclic) bond motifs is 1. The molecular weight excluding hydrogens is 420 g/mol. The number of rotatable bonds is 14. The fraction of sp³-hybridized carbons (Fsp3) is 0.538. The molecule has 2 N–H and O–H groups in total. The topological polar surface area (TPSA) is 69.6 Å². The zero-order valence-corrected chi connectivity index (χ0v) is 20.1. The van der Waals surface area contributed by atoms with E-state index in [1.807, 2.05) is 18.2 Å². The Balaban J connectivity index is 1.55. The predicted octanol–water partition coefficient (Wildman–Crippen LogP) is 7.00. The molecule has 0 amide bonds. The molecule has 1 atom stereocenters. The zero-order chi connectivity index (χ0) is 22.8. The Morgan fingerprint density at radius 2 is 1.50 bits per heavy atom. The second-order valence-corrected chi connectivity index (χ2v) is 10.3. The van der Waals surface area contributed by atoms with Crippen LogP contribution in [0, 0.1) is 0 Å². The van der Waals surface area contributed by atoms with Gasteiger partial charge in [0.1, 0.15) is 0 Å². The lowest BCUT2D eigenvalue weighted by Gasteiger charge is -2.27. The molecule has 0 aliphatic carbocycles. The third-order valence-electron chi connectivity index (χ3n) is 6.30. The smallest absolute Gasteiger partial charge is 0.294 e. The predicted molar refractivity (Wildman–Crippen MR) is 133 cm³/mol. The van der Waals surface area contributed by atoms with Crippen molar-refractivity contribution >= 4 is 21.5 Å². The normalized spacial score (nSPS) is 15.6. The number of anilines is 2. The van der Waals surface area contributed by atoms with Crippen LogP contribution >= 0.6 is 0 Å². The van der Waals surface area contributed by atoms with Gasteiger partial charge in [-0.25, -0.2) is 0 Å². The van der Waals surface area contributed by atoms with E-state index in [9.17, 15) is 13.0 Å². The summed E-state index contributed by atoms with van der Waals surface area (Å²) in [7, 11) is -4.23. The molecule has 6 heteroatoms. The van der Waals surface area contributed by atoms with Gasteiger partial charge in [-0.15, -0.1) is 0 Å². The molecule has 1 heterocycles. The first-order valence-electron chi connectivity index (χ1n) is 12.2. The van der Waals surface area contributed by atoms with Gasteiger partial charge in [0.2, 0.25) is 0 Å². The molecule has 0 bridgehead atoms. The molecule has 32 heavy (non-hydrogen) atoms. The van der Waals surface area contributed by atoms with Crippen molar-refractivity contribution in [3.63, 3.8) is 0 Å². The highest BCUT2D eigenvalue weighted by molar-refractivity contribution is 7.85. The molecule has 2 aromatic carbocycles. The monoisotopic (exact) mass is 458 g/mol. The first-order chi connectivity index (χ1) is 15.5. The summed E-state index contributed by atoms with van der Waals surface area (Å²) in [5.74, 6) is 0. The molecular formula is C26H38N2O3S. The van der Waals surface area contributed by atoms with Crippen LogP contribution in [0.5, 0.6) is 0 Å². The standard InChI is InChI=1S/C26H38N2O3S/c1-2-3-4-5-6-7-8-9-10-14-17-26-27-24-19-18-23(32(29,30)31)20-25(24)28(26)21-22-15-12-11-13-16-22/h11-13,15-16,18-20,26-27H,2-10,14,17,21H2,1H3,(H,29,30,31). The van der Waals surface area contributed by atoms with Gasteiger partial charge in [-0.3, -0.25) is 4.55 Å². The highest BCUT2D eigenvalue weighted by Crippen LogP contribution is 2.38. The van der Waals surface area contributed by atoms with Gasteiger partial charge >= 0.3 is 0 Å². The quantitative estimate of drug-likeness (QED) is 0.235. The average Bonchev–Trinajstić information content (AvgIpc) is 3.12. The molecule has 5 nitrogen and oxygen atoms in total. The van der Waals surface area contributed by atoms with Crippen LogP contribution in [0.15, 0.2) is 53.4 Å². The third kappa shape index (κ3) is 7.24. The minimum absolute atomic E-state index is 0.0595. The van der Waals surface area contributed by atoms with Gasteiger partial charge in [0.25, 0.3) is 10.1 Å². The van der Waals surface area contributed by atoms with Gasteiger partial charge in [-0.2, -0.15) is 8.42 Å². The maximum atomic E-state index is 11.7. The van der Waals surface area contributed by atoms with Crippen molar-refractivity contribution in [2.45, 2.75) is 95.2 Å². The van der Waals surface area contributed by atoms with E-state index in [-0.39, 0.29) is 11.1 Å². The molecule has 0 aromatic heterocycles. The molecule has 2 aromatic rings. The van der Waals surface area contributed by atoms with Crippen molar-refractivity contribution in [2.75, 3.05) is 10.2 Å². The van der Waals surface area contributed by atoms with Gasteiger partial charge < -0.3 is 10.2 Å². The Morgan fingerprint density at radius 3 is 2.12 bits per heavy atom. The average molecular weight is 459 g/mol. The van der Waals surface area contributed by atoms with Crippen LogP contribution in [0.3, 0.4) is 0 Å². The third-order valence-corrected chi connectivity index (χ3v) is 7.15. The number of hydrogen-bond acceptors (Lipinski definition) is 4. The number of nitrogens with one attached hydrogen (secondary N) is 1. The molecule has 3 rings (SSSR count). The first kappa shape index (κ1) is 24.6. The lowest BCUT2D eigenvalue weighted by molar-refractivity contribution is 0.483. The summed E-state index contributed by atoms with van der Waals surface area (Å²) in [6, 6.07) is 15.0. The van der Waals surface area contributed by atoms with E-state index in [0.29, 0.717) is 6.54 Å². The van der Waals surface area contributed by atoms with E-state index in [0.717, 1.165) is 24.2 Å². The van der Waals surface area contributed by atoms with Crippen LogP contribution in [0.4, 0.5) is 11.4 Å². The number of nitrogens with zero attached hydrogens (tertiary/aromatic N) is 1. The fourth-order valence-electron chi connectivity index (χ4n) is 4.49. The van der Waals surface area contributed by atoms with Crippen molar-refractivity contribution in [2.24, 2.45) is 0 Å². The molecule has 0 spiro atoms. The number of hydrogen-bond donors (Lipinski definition) is 2. The Labute approximate surface area is 194 Å². The van der Waals surface area contributed by atoms with Gasteiger partial charge in [-0.05, 0) is 36.6 Å². The van der Waals surface area contributed by atoms with Crippen LogP contribution in [-0.2, 0) is 16.7 Å². The van der Waals surface area contributed by atoms with Crippen LogP contribution < -0.4 is 10.2 Å². The van der Waals surface area contributed by atoms with Crippen LogP contribution in [0.1, 0.15) is 83.1 Å². The van der Waals surface area contributed by atoms with E-state index < -0.39 is 10.1 Å². The first-order valence-corrected chi connectivity index (χ1v) is 13.6. The van der Waals surface area contributed by atoms with Gasteiger partial charge in [0, 0.05) is 6.54 Å². The van der Waals surface area contributed by atoms with Gasteiger partial charge in [0.15, 0.2) is 0 Å². The van der Waals surface area contributed by atoms with Crippen molar-refractivity contribution in [3.05, 3.63) is 54.1 Å². The summed E-state index contributed by atoms with van der Waals surface area (Å²) in [6.45, 7) is 2.95. The van der Waals surface area contributed by atoms with Crippen LogP contribution in [0.2, 0.25) is 0 Å². The Morgan fingerprint density at radius 1 is 0.875 bits per heavy atom.